The third-order valence-electron chi connectivity index (χ3n) is 4.46. The van der Waals surface area contributed by atoms with E-state index in [0.29, 0.717) is 0 Å². The Morgan fingerprint density at radius 2 is 1.89 bits per heavy atom. The molecular formula is C18H24. The van der Waals surface area contributed by atoms with Crippen molar-refractivity contribution in [2.45, 2.75) is 51.9 Å². The fraction of sp³-hybridized carbons (Fsp3) is 0.556. The van der Waals surface area contributed by atoms with Crippen molar-refractivity contribution in [3.05, 3.63) is 47.0 Å². The minimum Gasteiger partial charge on any atom is -0.0856 e. The first kappa shape index (κ1) is 12.0. The highest BCUT2D eigenvalue weighted by Crippen LogP contribution is 2.59. The van der Waals surface area contributed by atoms with Gasteiger partial charge in [0.15, 0.2) is 0 Å². The van der Waals surface area contributed by atoms with Gasteiger partial charge in [0.25, 0.3) is 0 Å². The van der Waals surface area contributed by atoms with Crippen molar-refractivity contribution in [2.75, 3.05) is 0 Å². The van der Waals surface area contributed by atoms with Crippen molar-refractivity contribution in [3.63, 3.8) is 0 Å². The predicted molar refractivity (Wildman–Crippen MR) is 77.8 cm³/mol. The van der Waals surface area contributed by atoms with Gasteiger partial charge in [-0.25, -0.2) is 0 Å². The second-order valence-electron chi connectivity index (χ2n) is 6.41. The number of rotatable bonds is 5. The molecule has 2 atom stereocenters. The van der Waals surface area contributed by atoms with Crippen molar-refractivity contribution < 1.29 is 0 Å². The Hall–Kier alpha value is -1.04. The van der Waals surface area contributed by atoms with Gasteiger partial charge in [-0.2, -0.15) is 0 Å². The average molecular weight is 240 g/mol. The molecule has 2 saturated carbocycles. The van der Waals surface area contributed by atoms with Crippen molar-refractivity contribution in [2.24, 2.45) is 11.8 Å². The first-order chi connectivity index (χ1) is 8.74. The van der Waals surface area contributed by atoms with E-state index in [4.69, 9.17) is 0 Å². The molecule has 2 fully saturated rings. The molecule has 96 valence electrons. The smallest absolute Gasteiger partial charge is 0.0128 e. The molecule has 0 spiro atoms. The zero-order chi connectivity index (χ0) is 12.5. The summed E-state index contributed by atoms with van der Waals surface area (Å²) >= 11 is 0. The lowest BCUT2D eigenvalue weighted by Gasteiger charge is -2.03. The van der Waals surface area contributed by atoms with Crippen molar-refractivity contribution in [1.29, 1.82) is 0 Å². The lowest BCUT2D eigenvalue weighted by Crippen LogP contribution is -1.88. The largest absolute Gasteiger partial charge is 0.0856 e. The van der Waals surface area contributed by atoms with Gasteiger partial charge in [-0.15, -0.1) is 0 Å². The van der Waals surface area contributed by atoms with Crippen LogP contribution in [0.25, 0.3) is 0 Å². The predicted octanol–water partition coefficient (Wildman–Crippen LogP) is 5.10. The van der Waals surface area contributed by atoms with Gasteiger partial charge < -0.3 is 0 Å². The zero-order valence-corrected chi connectivity index (χ0v) is 11.7. The fourth-order valence-electron chi connectivity index (χ4n) is 3.10. The van der Waals surface area contributed by atoms with Crippen LogP contribution in [-0.2, 0) is 6.42 Å². The van der Waals surface area contributed by atoms with Crippen LogP contribution in [0.15, 0.2) is 35.9 Å². The molecule has 0 aliphatic heterocycles. The first-order valence-electron chi connectivity index (χ1n) is 7.46. The molecule has 0 amide bonds. The van der Waals surface area contributed by atoms with Gasteiger partial charge in [0.2, 0.25) is 0 Å². The van der Waals surface area contributed by atoms with Crippen LogP contribution in [0.2, 0.25) is 0 Å². The monoisotopic (exact) mass is 240 g/mol. The third kappa shape index (κ3) is 2.85. The molecule has 2 unspecified atom stereocenters. The van der Waals surface area contributed by atoms with Gasteiger partial charge in [0, 0.05) is 0 Å². The van der Waals surface area contributed by atoms with Crippen LogP contribution in [-0.4, -0.2) is 0 Å². The third-order valence-corrected chi connectivity index (χ3v) is 4.46. The summed E-state index contributed by atoms with van der Waals surface area (Å²) in [7, 11) is 0. The lowest BCUT2D eigenvalue weighted by atomic mass is 10.0. The Labute approximate surface area is 111 Å². The van der Waals surface area contributed by atoms with E-state index < -0.39 is 0 Å². The SMILES string of the molecule is CC(C)=CCCc1ccc(C2CC2C2CC2)cc1. The molecule has 0 aromatic heterocycles. The van der Waals surface area contributed by atoms with Crippen LogP contribution in [0.1, 0.15) is 56.6 Å². The number of hydrogen-bond acceptors (Lipinski definition) is 0. The molecule has 1 aromatic rings. The Kier molecular flexibility index (Phi) is 3.28. The maximum absolute atomic E-state index is 2.38. The summed E-state index contributed by atoms with van der Waals surface area (Å²) in [6.07, 6.45) is 9.15. The average Bonchev–Trinajstić information content (AvgIpc) is 3.21. The normalized spacial score (nSPS) is 25.9. The van der Waals surface area contributed by atoms with E-state index in [9.17, 15) is 0 Å². The topological polar surface area (TPSA) is 0 Å². The van der Waals surface area contributed by atoms with Gasteiger partial charge in [-0.05, 0) is 74.8 Å². The summed E-state index contributed by atoms with van der Waals surface area (Å²) in [5, 5.41) is 0. The van der Waals surface area contributed by atoms with Gasteiger partial charge in [0.1, 0.15) is 0 Å². The van der Waals surface area contributed by atoms with E-state index >= 15 is 0 Å². The van der Waals surface area contributed by atoms with E-state index in [-0.39, 0.29) is 0 Å². The molecule has 0 bridgehead atoms. The molecule has 1 aromatic carbocycles. The van der Waals surface area contributed by atoms with E-state index in [1.807, 2.05) is 0 Å². The van der Waals surface area contributed by atoms with Crippen LogP contribution >= 0.6 is 0 Å². The molecule has 2 aliphatic carbocycles. The quantitative estimate of drug-likeness (QED) is 0.628. The van der Waals surface area contributed by atoms with Crippen LogP contribution in [0.3, 0.4) is 0 Å². The molecule has 0 heteroatoms. The maximum Gasteiger partial charge on any atom is -0.0128 e. The van der Waals surface area contributed by atoms with Crippen LogP contribution in [0.4, 0.5) is 0 Å². The highest BCUT2D eigenvalue weighted by atomic mass is 14.5. The molecule has 0 saturated heterocycles. The van der Waals surface area contributed by atoms with Crippen molar-refractivity contribution in [1.82, 2.24) is 0 Å². The molecule has 0 nitrogen and oxygen atoms in total. The highest BCUT2D eigenvalue weighted by Gasteiger charge is 2.47. The molecule has 0 radical (unpaired) electrons. The number of hydrogen-bond donors (Lipinski definition) is 0. The molecule has 0 heterocycles. The second kappa shape index (κ2) is 4.91. The number of aryl methyl sites for hydroxylation is 1. The number of allylic oxidation sites excluding steroid dienone is 2. The Bertz CT molecular complexity index is 430. The Morgan fingerprint density at radius 3 is 2.50 bits per heavy atom. The maximum atomic E-state index is 2.38. The Balaban J connectivity index is 1.54. The standard InChI is InChI=1S/C18H24/c1-13(2)4-3-5-14-6-8-15(9-7-14)17-12-18(17)16-10-11-16/h4,6-9,16-18H,3,5,10-12H2,1-2H3. The molecular weight excluding hydrogens is 216 g/mol. The van der Waals surface area contributed by atoms with E-state index in [1.54, 1.807) is 5.56 Å². The van der Waals surface area contributed by atoms with E-state index in [1.165, 1.54) is 43.2 Å². The first-order valence-corrected chi connectivity index (χ1v) is 7.46. The lowest BCUT2D eigenvalue weighted by molar-refractivity contribution is 0.690. The zero-order valence-electron chi connectivity index (χ0n) is 11.7. The van der Waals surface area contributed by atoms with Crippen LogP contribution in [0, 0.1) is 11.8 Å². The molecule has 0 N–H and O–H groups in total. The molecule has 18 heavy (non-hydrogen) atoms. The highest BCUT2D eigenvalue weighted by molar-refractivity contribution is 5.30. The van der Waals surface area contributed by atoms with Crippen LogP contribution in [0.5, 0.6) is 0 Å². The Morgan fingerprint density at radius 1 is 1.17 bits per heavy atom. The minimum absolute atomic E-state index is 0.907. The number of benzene rings is 1. The second-order valence-corrected chi connectivity index (χ2v) is 6.41. The van der Waals surface area contributed by atoms with Crippen molar-refractivity contribution in [3.8, 4) is 0 Å². The van der Waals surface area contributed by atoms with E-state index in [2.05, 4.69) is 44.2 Å². The molecule has 2 aliphatic rings. The van der Waals surface area contributed by atoms with Gasteiger partial charge in [0.05, 0.1) is 0 Å². The molecule has 3 rings (SSSR count). The van der Waals surface area contributed by atoms with Crippen molar-refractivity contribution >= 4 is 0 Å². The summed E-state index contributed by atoms with van der Waals surface area (Å²) in [6.45, 7) is 4.35. The van der Waals surface area contributed by atoms with Crippen LogP contribution < -0.4 is 0 Å². The summed E-state index contributed by atoms with van der Waals surface area (Å²) in [5.41, 5.74) is 4.51. The summed E-state index contributed by atoms with van der Waals surface area (Å²) in [5.74, 6) is 3.04. The summed E-state index contributed by atoms with van der Waals surface area (Å²) in [6, 6.07) is 9.45. The summed E-state index contributed by atoms with van der Waals surface area (Å²) in [4.78, 5) is 0. The van der Waals surface area contributed by atoms with Gasteiger partial charge >= 0.3 is 0 Å². The van der Waals surface area contributed by atoms with Gasteiger partial charge in [-0.3, -0.25) is 0 Å². The summed E-state index contributed by atoms with van der Waals surface area (Å²) < 4.78 is 0. The fourth-order valence-corrected chi connectivity index (χ4v) is 3.10. The minimum atomic E-state index is 0.907. The van der Waals surface area contributed by atoms with Gasteiger partial charge in [-0.1, -0.05) is 35.9 Å². The van der Waals surface area contributed by atoms with E-state index in [0.717, 1.165) is 17.8 Å².